The summed E-state index contributed by atoms with van der Waals surface area (Å²) >= 11 is 0. The van der Waals surface area contributed by atoms with Gasteiger partial charge in [0.25, 0.3) is 5.91 Å². The van der Waals surface area contributed by atoms with E-state index in [0.29, 0.717) is 17.9 Å². The van der Waals surface area contributed by atoms with Crippen molar-refractivity contribution in [3.05, 3.63) is 42.5 Å². The van der Waals surface area contributed by atoms with E-state index in [2.05, 4.69) is 32.7 Å². The van der Waals surface area contributed by atoms with E-state index in [9.17, 15) is 9.90 Å². The molecule has 1 atom stereocenters. The van der Waals surface area contributed by atoms with Gasteiger partial charge in [-0.2, -0.15) is 0 Å². The quantitative estimate of drug-likeness (QED) is 0.759. The van der Waals surface area contributed by atoms with Gasteiger partial charge in [0.2, 0.25) is 0 Å². The minimum atomic E-state index is -0.241. The standard InChI is InChI=1S/C17H25NO3/c1-5-10-21-15-8-6-13(7-9-15)16(20)18-14(12-19)11-17(2,3)4/h5-9,14,19H,1,10-12H2,2-4H3,(H,18,20). The molecule has 4 heteroatoms. The fourth-order valence-electron chi connectivity index (χ4n) is 2.03. The van der Waals surface area contributed by atoms with Crippen LogP contribution < -0.4 is 10.1 Å². The van der Waals surface area contributed by atoms with Crippen LogP contribution in [-0.4, -0.2) is 30.3 Å². The summed E-state index contributed by atoms with van der Waals surface area (Å²) in [5, 5.41) is 12.2. The molecular formula is C17H25NO3. The molecule has 116 valence electrons. The molecule has 0 spiro atoms. The van der Waals surface area contributed by atoms with E-state index < -0.39 is 0 Å². The van der Waals surface area contributed by atoms with Crippen molar-refractivity contribution in [2.75, 3.05) is 13.2 Å². The van der Waals surface area contributed by atoms with Crippen LogP contribution in [0.4, 0.5) is 0 Å². The molecule has 0 heterocycles. The molecule has 1 aromatic rings. The zero-order valence-electron chi connectivity index (χ0n) is 13.1. The van der Waals surface area contributed by atoms with E-state index in [1.807, 2.05) is 0 Å². The number of benzene rings is 1. The minimum absolute atomic E-state index is 0.0447. The van der Waals surface area contributed by atoms with E-state index in [4.69, 9.17) is 4.74 Å². The number of nitrogens with one attached hydrogen (secondary N) is 1. The van der Waals surface area contributed by atoms with Crippen molar-refractivity contribution < 1.29 is 14.6 Å². The summed E-state index contributed by atoms with van der Waals surface area (Å²) in [6, 6.07) is 6.67. The molecule has 0 saturated carbocycles. The van der Waals surface area contributed by atoms with Crippen molar-refractivity contribution >= 4 is 5.91 Å². The van der Waals surface area contributed by atoms with Crippen LogP contribution in [0.1, 0.15) is 37.6 Å². The highest BCUT2D eigenvalue weighted by molar-refractivity contribution is 5.94. The first-order chi connectivity index (χ1) is 9.85. The minimum Gasteiger partial charge on any atom is -0.490 e. The highest BCUT2D eigenvalue weighted by Gasteiger charge is 2.20. The molecule has 1 amide bonds. The topological polar surface area (TPSA) is 58.6 Å². The Morgan fingerprint density at radius 1 is 1.38 bits per heavy atom. The molecule has 0 aliphatic carbocycles. The molecule has 0 fully saturated rings. The number of rotatable bonds is 7. The lowest BCUT2D eigenvalue weighted by atomic mass is 9.88. The third kappa shape index (κ3) is 6.45. The van der Waals surface area contributed by atoms with Crippen LogP contribution in [0.2, 0.25) is 0 Å². The van der Waals surface area contributed by atoms with Gasteiger partial charge in [0.15, 0.2) is 0 Å². The number of hydrogen-bond donors (Lipinski definition) is 2. The molecule has 1 rings (SSSR count). The maximum Gasteiger partial charge on any atom is 0.251 e. The maximum absolute atomic E-state index is 12.1. The van der Waals surface area contributed by atoms with Crippen molar-refractivity contribution in [1.82, 2.24) is 5.32 Å². The number of hydrogen-bond acceptors (Lipinski definition) is 3. The summed E-state index contributed by atoms with van der Waals surface area (Å²) in [6.45, 7) is 10.2. The SMILES string of the molecule is C=CCOc1ccc(C(=O)NC(CO)CC(C)(C)C)cc1. The Bertz CT molecular complexity index is 460. The fourth-order valence-corrected chi connectivity index (χ4v) is 2.03. The Labute approximate surface area is 126 Å². The lowest BCUT2D eigenvalue weighted by molar-refractivity contribution is 0.0897. The lowest BCUT2D eigenvalue weighted by Gasteiger charge is -2.25. The smallest absolute Gasteiger partial charge is 0.251 e. The molecule has 0 aliphatic rings. The third-order valence-corrected chi connectivity index (χ3v) is 2.90. The molecule has 2 N–H and O–H groups in total. The molecule has 0 aliphatic heterocycles. The van der Waals surface area contributed by atoms with Crippen LogP contribution in [0.15, 0.2) is 36.9 Å². The Kier molecular flexibility index (Phi) is 6.43. The fraction of sp³-hybridized carbons (Fsp3) is 0.471. The second-order valence-corrected chi connectivity index (χ2v) is 6.24. The van der Waals surface area contributed by atoms with E-state index in [-0.39, 0.29) is 24.0 Å². The highest BCUT2D eigenvalue weighted by atomic mass is 16.5. The summed E-state index contributed by atoms with van der Waals surface area (Å²) < 4.78 is 5.37. The first-order valence-electron chi connectivity index (χ1n) is 7.11. The van der Waals surface area contributed by atoms with Crippen LogP contribution in [0, 0.1) is 5.41 Å². The van der Waals surface area contributed by atoms with Crippen LogP contribution in [-0.2, 0) is 0 Å². The largest absolute Gasteiger partial charge is 0.490 e. The first kappa shape index (κ1) is 17.2. The van der Waals surface area contributed by atoms with Crippen molar-refractivity contribution in [3.63, 3.8) is 0 Å². The van der Waals surface area contributed by atoms with E-state index in [0.717, 1.165) is 6.42 Å². The maximum atomic E-state index is 12.1. The van der Waals surface area contributed by atoms with Gasteiger partial charge in [-0.05, 0) is 36.1 Å². The molecule has 4 nitrogen and oxygen atoms in total. The van der Waals surface area contributed by atoms with E-state index >= 15 is 0 Å². The number of amides is 1. The van der Waals surface area contributed by atoms with Gasteiger partial charge in [0.1, 0.15) is 12.4 Å². The number of aliphatic hydroxyl groups is 1. The summed E-state index contributed by atoms with van der Waals surface area (Å²) in [7, 11) is 0. The predicted molar refractivity (Wildman–Crippen MR) is 84.5 cm³/mol. The lowest BCUT2D eigenvalue weighted by Crippen LogP contribution is -2.40. The third-order valence-electron chi connectivity index (χ3n) is 2.90. The molecule has 0 aromatic heterocycles. The predicted octanol–water partition coefficient (Wildman–Crippen LogP) is 2.78. The van der Waals surface area contributed by atoms with Gasteiger partial charge < -0.3 is 15.2 Å². The molecule has 1 unspecified atom stereocenters. The van der Waals surface area contributed by atoms with Crippen molar-refractivity contribution in [2.24, 2.45) is 5.41 Å². The molecule has 0 bridgehead atoms. The number of aliphatic hydroxyl groups excluding tert-OH is 1. The average molecular weight is 291 g/mol. The zero-order valence-corrected chi connectivity index (χ0v) is 13.1. The molecular weight excluding hydrogens is 266 g/mol. The normalized spacial score (nSPS) is 12.6. The second-order valence-electron chi connectivity index (χ2n) is 6.24. The van der Waals surface area contributed by atoms with Crippen LogP contribution in [0.5, 0.6) is 5.75 Å². The summed E-state index contributed by atoms with van der Waals surface area (Å²) in [6.07, 6.45) is 2.38. The summed E-state index contributed by atoms with van der Waals surface area (Å²) in [5.41, 5.74) is 0.594. The number of carbonyl (C=O) groups excluding carboxylic acids is 1. The highest BCUT2D eigenvalue weighted by Crippen LogP contribution is 2.21. The Balaban J connectivity index is 2.63. The second kappa shape index (κ2) is 7.84. The average Bonchev–Trinajstić information content (AvgIpc) is 2.43. The van der Waals surface area contributed by atoms with Gasteiger partial charge in [0, 0.05) is 5.56 Å². The van der Waals surface area contributed by atoms with Crippen molar-refractivity contribution in [2.45, 2.75) is 33.2 Å². The van der Waals surface area contributed by atoms with Gasteiger partial charge in [-0.15, -0.1) is 0 Å². The van der Waals surface area contributed by atoms with Crippen LogP contribution in [0.25, 0.3) is 0 Å². The molecule has 21 heavy (non-hydrogen) atoms. The van der Waals surface area contributed by atoms with Crippen molar-refractivity contribution in [3.8, 4) is 5.75 Å². The van der Waals surface area contributed by atoms with Crippen LogP contribution in [0.3, 0.4) is 0 Å². The summed E-state index contributed by atoms with van der Waals surface area (Å²) in [5.74, 6) is 0.508. The molecule has 0 saturated heterocycles. The van der Waals surface area contributed by atoms with Gasteiger partial charge in [-0.1, -0.05) is 33.4 Å². The van der Waals surface area contributed by atoms with E-state index in [1.165, 1.54) is 0 Å². The van der Waals surface area contributed by atoms with Crippen molar-refractivity contribution in [1.29, 1.82) is 0 Å². The monoisotopic (exact) mass is 291 g/mol. The van der Waals surface area contributed by atoms with Gasteiger partial charge in [0.05, 0.1) is 12.6 Å². The Hall–Kier alpha value is -1.81. The van der Waals surface area contributed by atoms with Gasteiger partial charge in [-0.25, -0.2) is 0 Å². The summed E-state index contributed by atoms with van der Waals surface area (Å²) in [4.78, 5) is 12.1. The van der Waals surface area contributed by atoms with Gasteiger partial charge >= 0.3 is 0 Å². The molecule has 1 aromatic carbocycles. The first-order valence-corrected chi connectivity index (χ1v) is 7.11. The number of ether oxygens (including phenoxy) is 1. The number of carbonyl (C=O) groups is 1. The van der Waals surface area contributed by atoms with Gasteiger partial charge in [-0.3, -0.25) is 4.79 Å². The molecule has 0 radical (unpaired) electrons. The Morgan fingerprint density at radius 2 is 2.00 bits per heavy atom. The van der Waals surface area contributed by atoms with E-state index in [1.54, 1.807) is 30.3 Å². The Morgan fingerprint density at radius 3 is 2.48 bits per heavy atom. The zero-order chi connectivity index (χ0) is 15.9. The van der Waals surface area contributed by atoms with Crippen LogP contribution >= 0.6 is 0 Å².